The highest BCUT2D eigenvalue weighted by atomic mass is 19.1. The molecule has 0 aliphatic carbocycles. The van der Waals surface area contributed by atoms with Crippen molar-refractivity contribution in [1.29, 1.82) is 0 Å². The predicted molar refractivity (Wildman–Crippen MR) is 130 cm³/mol. The molecule has 8 heteroatoms. The average molecular weight is 476 g/mol. The number of nitrogens with zero attached hydrogens (tertiary/aromatic N) is 1. The Balaban J connectivity index is 1.26. The van der Waals surface area contributed by atoms with E-state index in [1.54, 1.807) is 29.2 Å². The van der Waals surface area contributed by atoms with E-state index >= 15 is 0 Å². The van der Waals surface area contributed by atoms with Crippen LogP contribution in [0.4, 0.5) is 15.8 Å². The number of aryl methyl sites for hydroxylation is 1. The molecule has 0 saturated carbocycles. The minimum Gasteiger partial charge on any atom is -0.484 e. The Kier molecular flexibility index (Phi) is 7.40. The normalized spacial score (nSPS) is 15.1. The van der Waals surface area contributed by atoms with Crippen molar-refractivity contribution in [2.75, 3.05) is 23.4 Å². The maximum atomic E-state index is 13.0. The van der Waals surface area contributed by atoms with Gasteiger partial charge in [-0.25, -0.2) is 4.39 Å². The summed E-state index contributed by atoms with van der Waals surface area (Å²) in [6.45, 7) is 2.51. The van der Waals surface area contributed by atoms with E-state index in [1.165, 1.54) is 24.3 Å². The quantitative estimate of drug-likeness (QED) is 0.519. The Morgan fingerprint density at radius 1 is 1.00 bits per heavy atom. The highest BCUT2D eigenvalue weighted by molar-refractivity contribution is 6.00. The van der Waals surface area contributed by atoms with Gasteiger partial charge in [-0.1, -0.05) is 29.8 Å². The van der Waals surface area contributed by atoms with Crippen molar-refractivity contribution in [1.82, 2.24) is 5.32 Å². The molecule has 0 spiro atoms. The van der Waals surface area contributed by atoms with Gasteiger partial charge in [-0.15, -0.1) is 0 Å². The third-order valence-corrected chi connectivity index (χ3v) is 5.73. The van der Waals surface area contributed by atoms with E-state index in [0.717, 1.165) is 11.1 Å². The Morgan fingerprint density at radius 2 is 1.69 bits per heavy atom. The fourth-order valence-electron chi connectivity index (χ4n) is 3.77. The molecule has 0 aromatic heterocycles. The number of rotatable bonds is 8. The molecule has 2 N–H and O–H groups in total. The lowest BCUT2D eigenvalue weighted by atomic mass is 10.1. The van der Waals surface area contributed by atoms with Gasteiger partial charge in [-0.2, -0.15) is 0 Å². The monoisotopic (exact) mass is 475 g/mol. The zero-order chi connectivity index (χ0) is 24.8. The molecule has 3 amide bonds. The van der Waals surface area contributed by atoms with Crippen molar-refractivity contribution < 1.29 is 23.5 Å². The van der Waals surface area contributed by atoms with Crippen LogP contribution in [0, 0.1) is 18.7 Å². The number of hydrogen-bond donors (Lipinski definition) is 2. The van der Waals surface area contributed by atoms with Crippen LogP contribution in [0.3, 0.4) is 0 Å². The highest BCUT2D eigenvalue weighted by Gasteiger charge is 2.35. The summed E-state index contributed by atoms with van der Waals surface area (Å²) in [5, 5.41) is 5.53. The maximum Gasteiger partial charge on any atom is 0.262 e. The van der Waals surface area contributed by atoms with Crippen molar-refractivity contribution >= 4 is 29.1 Å². The summed E-state index contributed by atoms with van der Waals surface area (Å²) < 4.78 is 18.4. The van der Waals surface area contributed by atoms with Gasteiger partial charge in [0.25, 0.3) is 5.91 Å². The van der Waals surface area contributed by atoms with Crippen molar-refractivity contribution in [3.05, 3.63) is 89.7 Å². The van der Waals surface area contributed by atoms with E-state index in [2.05, 4.69) is 10.6 Å². The smallest absolute Gasteiger partial charge is 0.262 e. The zero-order valence-corrected chi connectivity index (χ0v) is 19.3. The van der Waals surface area contributed by atoms with Crippen LogP contribution in [0.5, 0.6) is 5.75 Å². The summed E-state index contributed by atoms with van der Waals surface area (Å²) in [5.74, 6) is -0.984. The predicted octanol–water partition coefficient (Wildman–Crippen LogP) is 3.82. The number of benzene rings is 3. The second-order valence-electron chi connectivity index (χ2n) is 8.45. The van der Waals surface area contributed by atoms with Crippen LogP contribution in [0.15, 0.2) is 72.8 Å². The first-order valence-corrected chi connectivity index (χ1v) is 11.3. The van der Waals surface area contributed by atoms with E-state index < -0.39 is 5.92 Å². The molecule has 4 rings (SSSR count). The molecule has 7 nitrogen and oxygen atoms in total. The lowest BCUT2D eigenvalue weighted by molar-refractivity contribution is -0.126. The first-order chi connectivity index (χ1) is 16.9. The van der Waals surface area contributed by atoms with Gasteiger partial charge < -0.3 is 20.3 Å². The number of nitrogens with one attached hydrogen (secondary N) is 2. The first kappa shape index (κ1) is 23.9. The topological polar surface area (TPSA) is 87.7 Å². The van der Waals surface area contributed by atoms with E-state index in [1.807, 2.05) is 31.2 Å². The van der Waals surface area contributed by atoms with Gasteiger partial charge in [0.05, 0.1) is 5.92 Å². The fourth-order valence-corrected chi connectivity index (χ4v) is 3.77. The number of carbonyl (C=O) groups is 3. The number of carbonyl (C=O) groups excluding carboxylic acids is 3. The molecule has 1 atom stereocenters. The van der Waals surface area contributed by atoms with Crippen molar-refractivity contribution in [3.63, 3.8) is 0 Å². The SMILES string of the molecule is Cc1ccc(CNC(=O)[C@@H]2CC(=O)N(c3ccc(OCC(=O)Nc4ccc(F)cc4)cc3)C2)cc1. The van der Waals surface area contributed by atoms with Crippen LogP contribution in [0.1, 0.15) is 17.5 Å². The second-order valence-corrected chi connectivity index (χ2v) is 8.45. The molecule has 1 saturated heterocycles. The fraction of sp³-hybridized carbons (Fsp3) is 0.222. The van der Waals surface area contributed by atoms with Crippen LogP contribution in [-0.4, -0.2) is 30.9 Å². The Bertz CT molecular complexity index is 1190. The molecule has 180 valence electrons. The molecule has 3 aromatic carbocycles. The van der Waals surface area contributed by atoms with Crippen LogP contribution < -0.4 is 20.3 Å². The van der Waals surface area contributed by atoms with Gasteiger partial charge in [0, 0.05) is 30.9 Å². The molecule has 1 fully saturated rings. The van der Waals surface area contributed by atoms with Gasteiger partial charge >= 0.3 is 0 Å². The molecule has 1 aliphatic heterocycles. The number of anilines is 2. The zero-order valence-electron chi connectivity index (χ0n) is 19.3. The van der Waals surface area contributed by atoms with Crippen LogP contribution >= 0.6 is 0 Å². The lowest BCUT2D eigenvalue weighted by Gasteiger charge is -2.17. The van der Waals surface area contributed by atoms with E-state index in [-0.39, 0.29) is 36.6 Å². The van der Waals surface area contributed by atoms with Gasteiger partial charge in [0.2, 0.25) is 11.8 Å². The van der Waals surface area contributed by atoms with E-state index in [9.17, 15) is 18.8 Å². The minimum atomic E-state index is -0.418. The lowest BCUT2D eigenvalue weighted by Crippen LogP contribution is -2.32. The number of halogens is 1. The molecular formula is C27H26FN3O4. The van der Waals surface area contributed by atoms with Crippen LogP contribution in [0.25, 0.3) is 0 Å². The molecule has 1 heterocycles. The van der Waals surface area contributed by atoms with Gasteiger partial charge in [-0.05, 0) is 61.0 Å². The molecule has 0 unspecified atom stereocenters. The standard InChI is InChI=1S/C27H26FN3O4/c1-18-2-4-19(5-3-18)15-29-27(34)20-14-26(33)31(16-20)23-10-12-24(13-11-23)35-17-25(32)30-22-8-6-21(28)7-9-22/h2-13,20H,14-17H2,1H3,(H,29,34)(H,30,32)/t20-/m1/s1. The second kappa shape index (κ2) is 10.8. The largest absolute Gasteiger partial charge is 0.484 e. The number of ether oxygens (including phenoxy) is 1. The summed E-state index contributed by atoms with van der Waals surface area (Å²) in [4.78, 5) is 38.7. The van der Waals surface area contributed by atoms with Crippen LogP contribution in [-0.2, 0) is 20.9 Å². The van der Waals surface area contributed by atoms with Crippen molar-refractivity contribution in [3.8, 4) is 5.75 Å². The molecule has 3 aromatic rings. The van der Waals surface area contributed by atoms with Gasteiger partial charge in [0.1, 0.15) is 11.6 Å². The summed E-state index contributed by atoms with van der Waals surface area (Å²) in [7, 11) is 0. The molecule has 0 bridgehead atoms. The number of amides is 3. The molecule has 35 heavy (non-hydrogen) atoms. The summed E-state index contributed by atoms with van der Waals surface area (Å²) in [6, 6.07) is 20.1. The third kappa shape index (κ3) is 6.44. The summed E-state index contributed by atoms with van der Waals surface area (Å²) >= 11 is 0. The minimum absolute atomic E-state index is 0.118. The van der Waals surface area contributed by atoms with E-state index in [0.29, 0.717) is 30.2 Å². The Hall–Kier alpha value is -4.20. The van der Waals surface area contributed by atoms with Gasteiger partial charge in [-0.3, -0.25) is 14.4 Å². The Labute approximate surface area is 202 Å². The molecule has 1 aliphatic rings. The average Bonchev–Trinajstić information content (AvgIpc) is 3.25. The third-order valence-electron chi connectivity index (χ3n) is 5.73. The molecular weight excluding hydrogens is 449 g/mol. The van der Waals surface area contributed by atoms with Gasteiger partial charge in [0.15, 0.2) is 6.61 Å². The Morgan fingerprint density at radius 3 is 2.37 bits per heavy atom. The highest BCUT2D eigenvalue weighted by Crippen LogP contribution is 2.27. The maximum absolute atomic E-state index is 13.0. The van der Waals surface area contributed by atoms with Crippen LogP contribution in [0.2, 0.25) is 0 Å². The summed E-state index contributed by atoms with van der Waals surface area (Å²) in [5.41, 5.74) is 3.29. The first-order valence-electron chi connectivity index (χ1n) is 11.3. The summed E-state index contributed by atoms with van der Waals surface area (Å²) in [6.07, 6.45) is 0.154. The van der Waals surface area contributed by atoms with E-state index in [4.69, 9.17) is 4.74 Å². The number of hydrogen-bond acceptors (Lipinski definition) is 4. The van der Waals surface area contributed by atoms with Crippen molar-refractivity contribution in [2.45, 2.75) is 19.9 Å². The molecule has 0 radical (unpaired) electrons. The van der Waals surface area contributed by atoms with Crippen molar-refractivity contribution in [2.24, 2.45) is 5.92 Å².